The maximum atomic E-state index is 12.2. The first-order valence-electron chi connectivity index (χ1n) is 12.1. The van der Waals surface area contributed by atoms with Gasteiger partial charge in [-0.25, -0.2) is 4.98 Å². The molecule has 190 valence electrons. The molecule has 0 bridgehead atoms. The summed E-state index contributed by atoms with van der Waals surface area (Å²) in [6.07, 6.45) is 2.59. The van der Waals surface area contributed by atoms with Crippen LogP contribution < -0.4 is 10.1 Å². The zero-order valence-electron chi connectivity index (χ0n) is 20.5. The van der Waals surface area contributed by atoms with Gasteiger partial charge >= 0.3 is 5.97 Å². The van der Waals surface area contributed by atoms with E-state index in [1.54, 1.807) is 17.6 Å². The maximum absolute atomic E-state index is 12.2. The van der Waals surface area contributed by atoms with Crippen molar-refractivity contribution in [2.45, 2.75) is 24.7 Å². The second-order valence-electron chi connectivity index (χ2n) is 8.90. The Bertz CT molecular complexity index is 1420. The first-order valence-corrected chi connectivity index (χ1v) is 12.9. The number of allylic oxidation sites excluding steroid dienone is 1. The van der Waals surface area contributed by atoms with Crippen LogP contribution in [0.5, 0.6) is 5.75 Å². The molecule has 1 atom stereocenters. The fourth-order valence-corrected chi connectivity index (χ4v) is 5.84. The molecule has 0 saturated carbocycles. The van der Waals surface area contributed by atoms with Gasteiger partial charge in [0.1, 0.15) is 23.6 Å². The summed E-state index contributed by atoms with van der Waals surface area (Å²) in [5.74, 6) is 1.23. The number of hydrogen-bond donors (Lipinski definition) is 2. The molecule has 2 aromatic carbocycles. The lowest BCUT2D eigenvalue weighted by Gasteiger charge is -2.32. The molecule has 0 amide bonds. The van der Waals surface area contributed by atoms with Gasteiger partial charge in [0.05, 0.1) is 18.4 Å². The Labute approximate surface area is 219 Å². The third-order valence-corrected chi connectivity index (χ3v) is 7.44. The first kappa shape index (κ1) is 24.6. The predicted octanol–water partition coefficient (Wildman–Crippen LogP) is 5.76. The molecule has 4 aromatic rings. The highest BCUT2D eigenvalue weighted by atomic mass is 32.1. The van der Waals surface area contributed by atoms with Gasteiger partial charge in [-0.15, -0.1) is 11.3 Å². The van der Waals surface area contributed by atoms with Crippen LogP contribution in [0.1, 0.15) is 23.2 Å². The molecule has 1 aliphatic rings. The second kappa shape index (κ2) is 10.9. The van der Waals surface area contributed by atoms with Crippen LogP contribution in [0.4, 0.5) is 5.82 Å². The Kier molecular flexibility index (Phi) is 7.28. The molecule has 1 unspecified atom stereocenters. The van der Waals surface area contributed by atoms with E-state index in [-0.39, 0.29) is 13.2 Å². The van der Waals surface area contributed by atoms with Gasteiger partial charge in [-0.05, 0) is 58.6 Å². The zero-order valence-corrected chi connectivity index (χ0v) is 21.3. The molecule has 5 rings (SSSR count). The second-order valence-corrected chi connectivity index (χ2v) is 9.81. The number of ether oxygens (including phenoxy) is 3. The number of anilines is 1. The van der Waals surface area contributed by atoms with Crippen molar-refractivity contribution in [3.05, 3.63) is 101 Å². The Hall–Kier alpha value is -4.04. The van der Waals surface area contributed by atoms with Crippen molar-refractivity contribution in [2.75, 3.05) is 25.8 Å². The minimum atomic E-state index is -0.908. The van der Waals surface area contributed by atoms with Gasteiger partial charge in [-0.3, -0.25) is 4.79 Å². The van der Waals surface area contributed by atoms with E-state index in [0.29, 0.717) is 25.2 Å². The lowest BCUT2D eigenvalue weighted by Crippen LogP contribution is -2.34. The summed E-state index contributed by atoms with van der Waals surface area (Å²) in [5.41, 5.74) is 1.98. The Morgan fingerprint density at radius 2 is 2.03 bits per heavy atom. The fourth-order valence-electron chi connectivity index (χ4n) is 4.76. The zero-order chi connectivity index (χ0) is 25.7. The highest BCUT2D eigenvalue weighted by Gasteiger charge is 2.44. The van der Waals surface area contributed by atoms with Gasteiger partial charge in [0, 0.05) is 23.9 Å². The quantitative estimate of drug-likeness (QED) is 0.262. The van der Waals surface area contributed by atoms with Crippen LogP contribution in [0.3, 0.4) is 0 Å². The van der Waals surface area contributed by atoms with Gasteiger partial charge in [-0.1, -0.05) is 36.4 Å². The topological polar surface area (TPSA) is 89.9 Å². The van der Waals surface area contributed by atoms with Crippen molar-refractivity contribution in [3.8, 4) is 5.75 Å². The van der Waals surface area contributed by atoms with Crippen LogP contribution in [-0.2, 0) is 32.5 Å². The number of aromatic nitrogens is 1. The molecule has 1 aliphatic heterocycles. The SMILES string of the molecule is CNc1cccc(CCOc2ccc3c(C(CC(=O)O)(Cc4ccccc4)C4=COCO4)csc3c2)n1. The lowest BCUT2D eigenvalue weighted by atomic mass is 9.71. The summed E-state index contributed by atoms with van der Waals surface area (Å²) in [4.78, 5) is 16.7. The Morgan fingerprint density at radius 3 is 2.78 bits per heavy atom. The molecule has 7 nitrogen and oxygen atoms in total. The molecule has 37 heavy (non-hydrogen) atoms. The summed E-state index contributed by atoms with van der Waals surface area (Å²) in [6.45, 7) is 0.580. The number of nitrogens with one attached hydrogen (secondary N) is 1. The highest BCUT2D eigenvalue weighted by molar-refractivity contribution is 7.17. The lowest BCUT2D eigenvalue weighted by molar-refractivity contribution is -0.138. The fraction of sp³-hybridized carbons (Fsp3) is 0.241. The number of benzene rings is 2. The van der Waals surface area contributed by atoms with Crippen molar-refractivity contribution in [3.63, 3.8) is 0 Å². The van der Waals surface area contributed by atoms with Crippen LogP contribution in [0.2, 0.25) is 0 Å². The molecule has 0 saturated heterocycles. The molecule has 2 N–H and O–H groups in total. The summed E-state index contributed by atoms with van der Waals surface area (Å²) in [7, 11) is 1.85. The van der Waals surface area contributed by atoms with E-state index >= 15 is 0 Å². The van der Waals surface area contributed by atoms with Crippen LogP contribution in [0, 0.1) is 0 Å². The van der Waals surface area contributed by atoms with Crippen molar-refractivity contribution < 1.29 is 24.1 Å². The van der Waals surface area contributed by atoms with E-state index in [4.69, 9.17) is 14.2 Å². The summed E-state index contributed by atoms with van der Waals surface area (Å²) < 4.78 is 18.3. The molecule has 2 aromatic heterocycles. The minimum absolute atomic E-state index is 0.0810. The molecule has 0 aliphatic carbocycles. The molecule has 0 spiro atoms. The summed E-state index contributed by atoms with van der Waals surface area (Å²) in [5, 5.41) is 16.0. The number of hydrogen-bond acceptors (Lipinski definition) is 7. The number of nitrogens with zero attached hydrogens (tertiary/aromatic N) is 1. The smallest absolute Gasteiger partial charge is 0.304 e. The van der Waals surface area contributed by atoms with Crippen molar-refractivity contribution in [1.82, 2.24) is 4.98 Å². The average molecular weight is 517 g/mol. The molecular weight excluding hydrogens is 488 g/mol. The molecule has 0 radical (unpaired) electrons. The number of aliphatic carboxylic acids is 1. The number of carbonyl (C=O) groups is 1. The van der Waals surface area contributed by atoms with E-state index in [9.17, 15) is 9.90 Å². The number of pyridine rings is 1. The number of carboxylic acid groups (broad SMARTS) is 1. The van der Waals surface area contributed by atoms with E-state index in [2.05, 4.69) is 10.3 Å². The largest absolute Gasteiger partial charge is 0.493 e. The van der Waals surface area contributed by atoms with Crippen LogP contribution in [0.15, 0.2) is 84.1 Å². The summed E-state index contributed by atoms with van der Waals surface area (Å²) in [6, 6.07) is 21.7. The molecule has 8 heteroatoms. The standard InChI is InChI=1S/C29H28N2O5S/c1-30-27-9-5-8-21(31-27)12-13-35-22-10-11-23-24(18-37-25(23)14-22)29(16-28(32)33,26-17-34-19-36-26)15-20-6-3-2-4-7-20/h2-11,14,17-18H,12-13,15-16,19H2,1H3,(H,30,31)(H,32,33). The predicted molar refractivity (Wildman–Crippen MR) is 144 cm³/mol. The van der Waals surface area contributed by atoms with E-state index in [1.165, 1.54) is 0 Å². The van der Waals surface area contributed by atoms with Crippen LogP contribution in [-0.4, -0.2) is 36.5 Å². The monoisotopic (exact) mass is 516 g/mol. The van der Waals surface area contributed by atoms with Crippen molar-refractivity contribution in [2.24, 2.45) is 0 Å². The normalized spacial score (nSPS) is 14.4. The number of thiophene rings is 1. The third-order valence-electron chi connectivity index (χ3n) is 6.50. The molecule has 3 heterocycles. The average Bonchev–Trinajstić information content (AvgIpc) is 3.60. The number of fused-ring (bicyclic) bond motifs is 1. The van der Waals surface area contributed by atoms with Gasteiger partial charge in [0.2, 0.25) is 6.79 Å². The van der Waals surface area contributed by atoms with Crippen molar-refractivity contribution in [1.29, 1.82) is 0 Å². The third kappa shape index (κ3) is 5.39. The van der Waals surface area contributed by atoms with Gasteiger partial charge in [-0.2, -0.15) is 0 Å². The van der Waals surface area contributed by atoms with Crippen LogP contribution >= 0.6 is 11.3 Å². The minimum Gasteiger partial charge on any atom is -0.493 e. The highest BCUT2D eigenvalue weighted by Crippen LogP contribution is 2.46. The molecular formula is C29H28N2O5S. The van der Waals surface area contributed by atoms with E-state index in [0.717, 1.165) is 38.5 Å². The number of carboxylic acids is 1. The first-order chi connectivity index (χ1) is 18.1. The van der Waals surface area contributed by atoms with Crippen molar-refractivity contribution >= 4 is 33.2 Å². The summed E-state index contributed by atoms with van der Waals surface area (Å²) >= 11 is 1.57. The van der Waals surface area contributed by atoms with E-state index < -0.39 is 11.4 Å². The van der Waals surface area contributed by atoms with E-state index in [1.807, 2.05) is 79.2 Å². The Balaban J connectivity index is 1.44. The van der Waals surface area contributed by atoms with Crippen LogP contribution in [0.25, 0.3) is 10.1 Å². The van der Waals surface area contributed by atoms with Gasteiger partial charge in [0.15, 0.2) is 0 Å². The Morgan fingerprint density at radius 1 is 1.16 bits per heavy atom. The maximum Gasteiger partial charge on any atom is 0.304 e. The molecule has 0 fully saturated rings. The number of rotatable bonds is 11. The van der Waals surface area contributed by atoms with Gasteiger partial charge in [0.25, 0.3) is 0 Å². The van der Waals surface area contributed by atoms with Gasteiger partial charge < -0.3 is 24.6 Å².